The first kappa shape index (κ1) is 9.49. The monoisotopic (exact) mass is 202 g/mol. The van der Waals surface area contributed by atoms with E-state index in [9.17, 15) is 0 Å². The first-order valence-electron chi connectivity index (χ1n) is 3.52. The number of aromatic nitrogens is 2. The number of halogens is 2. The molecule has 0 N–H and O–H groups in total. The van der Waals surface area contributed by atoms with Crippen molar-refractivity contribution >= 4 is 28.8 Å². The largest absolute Gasteiger partial charge is 0.153 e. The molecule has 1 aromatic heterocycles. The molecule has 12 heavy (non-hydrogen) atoms. The van der Waals surface area contributed by atoms with E-state index in [1.54, 1.807) is 6.07 Å². The zero-order chi connectivity index (χ0) is 9.14. The fourth-order valence-electron chi connectivity index (χ4n) is 0.754. The molecule has 0 aliphatic rings. The van der Waals surface area contributed by atoms with Gasteiger partial charge in [-0.15, -0.1) is 10.2 Å². The van der Waals surface area contributed by atoms with Crippen molar-refractivity contribution in [3.8, 4) is 0 Å². The fourth-order valence-corrected chi connectivity index (χ4v) is 1.23. The van der Waals surface area contributed by atoms with Crippen LogP contribution in [0.15, 0.2) is 12.6 Å². The van der Waals surface area contributed by atoms with Crippen LogP contribution in [0.3, 0.4) is 0 Å². The second-order valence-corrected chi connectivity index (χ2v) is 3.12. The van der Waals surface area contributed by atoms with Crippen LogP contribution in [-0.4, -0.2) is 10.2 Å². The molecule has 0 bridgehead atoms. The Bertz CT molecular complexity index is 310. The highest BCUT2D eigenvalue weighted by Gasteiger charge is 2.05. The molecule has 0 aliphatic carbocycles. The molecule has 0 aromatic carbocycles. The van der Waals surface area contributed by atoms with Gasteiger partial charge in [0.1, 0.15) is 5.69 Å². The van der Waals surface area contributed by atoms with Crippen molar-refractivity contribution in [3.63, 3.8) is 0 Å². The van der Waals surface area contributed by atoms with Crippen LogP contribution in [0.5, 0.6) is 0 Å². The van der Waals surface area contributed by atoms with Crippen LogP contribution in [-0.2, 0) is 0 Å². The van der Waals surface area contributed by atoms with Gasteiger partial charge in [0.05, 0.1) is 5.02 Å². The van der Waals surface area contributed by atoms with E-state index in [0.717, 1.165) is 12.0 Å². The summed E-state index contributed by atoms with van der Waals surface area (Å²) in [6.45, 7) is 5.78. The number of rotatable bonds is 2. The molecule has 1 rings (SSSR count). The lowest BCUT2D eigenvalue weighted by molar-refractivity contribution is 0.999. The van der Waals surface area contributed by atoms with Gasteiger partial charge in [0.25, 0.3) is 0 Å². The molecular weight excluding hydrogens is 195 g/mol. The normalized spacial score (nSPS) is 9.92. The van der Waals surface area contributed by atoms with Crippen molar-refractivity contribution in [2.24, 2.45) is 0 Å². The van der Waals surface area contributed by atoms with E-state index in [4.69, 9.17) is 23.2 Å². The molecule has 0 saturated carbocycles. The van der Waals surface area contributed by atoms with Gasteiger partial charge < -0.3 is 0 Å². The molecule has 0 atom stereocenters. The molecule has 0 spiro atoms. The molecule has 0 unspecified atom stereocenters. The summed E-state index contributed by atoms with van der Waals surface area (Å²) in [7, 11) is 0. The van der Waals surface area contributed by atoms with Crippen molar-refractivity contribution < 1.29 is 0 Å². The molecule has 2 nitrogen and oxygen atoms in total. The second kappa shape index (κ2) is 3.87. The summed E-state index contributed by atoms with van der Waals surface area (Å²) in [6.07, 6.45) is 0.802. The Kier molecular flexibility index (Phi) is 3.06. The van der Waals surface area contributed by atoms with E-state index in [-0.39, 0.29) is 0 Å². The number of nitrogens with zero attached hydrogens (tertiary/aromatic N) is 2. The summed E-state index contributed by atoms with van der Waals surface area (Å²) >= 11 is 11.4. The van der Waals surface area contributed by atoms with Gasteiger partial charge in [-0.05, 0) is 18.1 Å². The lowest BCUT2D eigenvalue weighted by atomic mass is 10.1. The average Bonchev–Trinajstić information content (AvgIpc) is 2.03. The highest BCUT2D eigenvalue weighted by Crippen LogP contribution is 2.23. The SMILES string of the molecule is C=C(CC)c1nnc(Cl)cc1Cl. The first-order valence-corrected chi connectivity index (χ1v) is 4.27. The highest BCUT2D eigenvalue weighted by atomic mass is 35.5. The van der Waals surface area contributed by atoms with Gasteiger partial charge >= 0.3 is 0 Å². The molecular formula is C8H8Cl2N2. The predicted octanol–water partition coefficient (Wildman–Crippen LogP) is 3.21. The Labute approximate surface area is 81.2 Å². The van der Waals surface area contributed by atoms with Crippen LogP contribution in [0.4, 0.5) is 0 Å². The minimum absolute atomic E-state index is 0.299. The average molecular weight is 203 g/mol. The summed E-state index contributed by atoms with van der Waals surface area (Å²) in [6, 6.07) is 1.56. The maximum absolute atomic E-state index is 5.86. The van der Waals surface area contributed by atoms with E-state index in [0.29, 0.717) is 15.9 Å². The van der Waals surface area contributed by atoms with Gasteiger partial charge in [-0.3, -0.25) is 0 Å². The number of hydrogen-bond donors (Lipinski definition) is 0. The molecule has 0 aliphatic heterocycles. The quantitative estimate of drug-likeness (QED) is 0.737. The maximum atomic E-state index is 5.86. The number of allylic oxidation sites excluding steroid dienone is 1. The van der Waals surface area contributed by atoms with Crippen LogP contribution in [0, 0.1) is 0 Å². The van der Waals surface area contributed by atoms with Gasteiger partial charge in [0.2, 0.25) is 0 Å². The molecule has 0 fully saturated rings. The number of hydrogen-bond acceptors (Lipinski definition) is 2. The standard InChI is InChI=1S/C8H8Cl2N2/c1-3-5(2)8-6(9)4-7(10)11-12-8/h4H,2-3H2,1H3. The highest BCUT2D eigenvalue weighted by molar-refractivity contribution is 6.34. The molecule has 0 amide bonds. The van der Waals surface area contributed by atoms with Crippen molar-refractivity contribution in [2.45, 2.75) is 13.3 Å². The maximum Gasteiger partial charge on any atom is 0.153 e. The zero-order valence-corrected chi connectivity index (χ0v) is 8.15. The van der Waals surface area contributed by atoms with Gasteiger partial charge in [-0.1, -0.05) is 36.7 Å². The van der Waals surface area contributed by atoms with Crippen LogP contribution < -0.4 is 0 Å². The van der Waals surface area contributed by atoms with Gasteiger partial charge in [0, 0.05) is 0 Å². The minimum Gasteiger partial charge on any atom is -0.148 e. The molecule has 0 saturated heterocycles. The Morgan fingerprint density at radius 1 is 1.50 bits per heavy atom. The topological polar surface area (TPSA) is 25.8 Å². The molecule has 1 heterocycles. The van der Waals surface area contributed by atoms with Crippen molar-refractivity contribution in [2.75, 3.05) is 0 Å². The predicted molar refractivity (Wildman–Crippen MR) is 51.4 cm³/mol. The molecule has 0 radical (unpaired) electrons. The smallest absolute Gasteiger partial charge is 0.148 e. The van der Waals surface area contributed by atoms with Crippen molar-refractivity contribution in [3.05, 3.63) is 28.5 Å². The van der Waals surface area contributed by atoms with Crippen LogP contribution in [0.1, 0.15) is 19.0 Å². The zero-order valence-electron chi connectivity index (χ0n) is 6.64. The summed E-state index contributed by atoms with van der Waals surface area (Å²) in [5, 5.41) is 8.31. The third kappa shape index (κ3) is 1.96. The van der Waals surface area contributed by atoms with Gasteiger partial charge in [-0.2, -0.15) is 0 Å². The van der Waals surface area contributed by atoms with Crippen molar-refractivity contribution in [1.82, 2.24) is 10.2 Å². The first-order chi connectivity index (χ1) is 5.65. The fraction of sp³-hybridized carbons (Fsp3) is 0.250. The van der Waals surface area contributed by atoms with E-state index in [1.807, 2.05) is 6.92 Å². The van der Waals surface area contributed by atoms with E-state index >= 15 is 0 Å². The lowest BCUT2D eigenvalue weighted by Crippen LogP contribution is -1.92. The summed E-state index contributed by atoms with van der Waals surface area (Å²) in [5.74, 6) is 0. The lowest BCUT2D eigenvalue weighted by Gasteiger charge is -2.02. The van der Waals surface area contributed by atoms with Gasteiger partial charge in [0.15, 0.2) is 5.15 Å². The molecule has 1 aromatic rings. The van der Waals surface area contributed by atoms with Crippen LogP contribution in [0.2, 0.25) is 10.2 Å². The van der Waals surface area contributed by atoms with Gasteiger partial charge in [-0.25, -0.2) is 0 Å². The van der Waals surface area contributed by atoms with Crippen LogP contribution in [0.25, 0.3) is 5.57 Å². The van der Waals surface area contributed by atoms with Crippen molar-refractivity contribution in [1.29, 1.82) is 0 Å². The van der Waals surface area contributed by atoms with E-state index < -0.39 is 0 Å². The summed E-state index contributed by atoms with van der Waals surface area (Å²) < 4.78 is 0. The van der Waals surface area contributed by atoms with E-state index in [1.165, 1.54) is 0 Å². The molecule has 64 valence electrons. The Morgan fingerprint density at radius 3 is 2.67 bits per heavy atom. The molecule has 4 heteroatoms. The van der Waals surface area contributed by atoms with E-state index in [2.05, 4.69) is 16.8 Å². The Balaban J connectivity index is 3.09. The summed E-state index contributed by atoms with van der Waals surface area (Å²) in [4.78, 5) is 0. The Hall–Kier alpha value is -0.600. The third-order valence-corrected chi connectivity index (χ3v) is 1.95. The third-order valence-electron chi connectivity index (χ3n) is 1.48. The van der Waals surface area contributed by atoms with Crippen LogP contribution >= 0.6 is 23.2 Å². The minimum atomic E-state index is 0.299. The summed E-state index contributed by atoms with van der Waals surface area (Å²) in [5.41, 5.74) is 1.49. The Morgan fingerprint density at radius 2 is 2.17 bits per heavy atom. The second-order valence-electron chi connectivity index (χ2n) is 2.32.